The Morgan fingerprint density at radius 3 is 2.52 bits per heavy atom. The van der Waals surface area contributed by atoms with Crippen LogP contribution in [-0.4, -0.2) is 37.5 Å². The first-order valence-corrected chi connectivity index (χ1v) is 9.19. The van der Waals surface area contributed by atoms with Gasteiger partial charge in [-0.2, -0.15) is 0 Å². The molecule has 0 amide bonds. The van der Waals surface area contributed by atoms with Gasteiger partial charge in [-0.15, -0.1) is 0 Å². The third-order valence-electron chi connectivity index (χ3n) is 5.56. The summed E-state index contributed by atoms with van der Waals surface area (Å²) in [5.41, 5.74) is 2.31. The normalized spacial score (nSPS) is 29.6. The maximum absolute atomic E-state index is 5.50. The van der Waals surface area contributed by atoms with E-state index in [1.54, 1.807) is 0 Å². The van der Waals surface area contributed by atoms with Gasteiger partial charge in [-0.25, -0.2) is 0 Å². The van der Waals surface area contributed by atoms with Gasteiger partial charge in [-0.3, -0.25) is 0 Å². The Balaban J connectivity index is 1.30. The smallest absolute Gasteiger partial charge is 0.171 e. The van der Waals surface area contributed by atoms with Crippen molar-refractivity contribution < 1.29 is 4.74 Å². The second-order valence-corrected chi connectivity index (χ2v) is 7.43. The van der Waals surface area contributed by atoms with E-state index in [0.717, 1.165) is 48.9 Å². The molecule has 3 fully saturated rings. The SMILES string of the molecule is S=C(Nc1ccc(N2CCOCC2)cc1)N[C@@H]1C[C@H]2CC[C@@H]1C2. The molecule has 0 unspecified atom stereocenters. The van der Waals surface area contributed by atoms with Gasteiger partial charge >= 0.3 is 0 Å². The van der Waals surface area contributed by atoms with Crippen molar-refractivity contribution in [2.24, 2.45) is 11.8 Å². The van der Waals surface area contributed by atoms with Crippen LogP contribution in [-0.2, 0) is 4.74 Å². The molecule has 23 heavy (non-hydrogen) atoms. The Labute approximate surface area is 143 Å². The van der Waals surface area contributed by atoms with E-state index < -0.39 is 0 Å². The molecule has 1 aliphatic heterocycles. The van der Waals surface area contributed by atoms with E-state index in [2.05, 4.69) is 39.8 Å². The number of hydrogen-bond acceptors (Lipinski definition) is 3. The highest BCUT2D eigenvalue weighted by Gasteiger charge is 2.39. The van der Waals surface area contributed by atoms with Crippen molar-refractivity contribution >= 4 is 28.7 Å². The van der Waals surface area contributed by atoms with Crippen LogP contribution in [0.3, 0.4) is 0 Å². The first kappa shape index (κ1) is 15.2. The van der Waals surface area contributed by atoms with E-state index in [-0.39, 0.29) is 0 Å². The zero-order valence-corrected chi connectivity index (χ0v) is 14.3. The third-order valence-corrected chi connectivity index (χ3v) is 5.78. The van der Waals surface area contributed by atoms with Crippen LogP contribution >= 0.6 is 12.2 Å². The van der Waals surface area contributed by atoms with Crippen molar-refractivity contribution in [1.29, 1.82) is 0 Å². The van der Waals surface area contributed by atoms with Crippen molar-refractivity contribution in [3.05, 3.63) is 24.3 Å². The van der Waals surface area contributed by atoms with Gasteiger partial charge in [0, 0.05) is 30.5 Å². The lowest BCUT2D eigenvalue weighted by Gasteiger charge is -2.29. The molecule has 2 bridgehead atoms. The van der Waals surface area contributed by atoms with E-state index >= 15 is 0 Å². The van der Waals surface area contributed by atoms with Crippen LogP contribution in [0.5, 0.6) is 0 Å². The summed E-state index contributed by atoms with van der Waals surface area (Å²) in [6.07, 6.45) is 5.49. The van der Waals surface area contributed by atoms with Crippen LogP contribution in [0.2, 0.25) is 0 Å². The lowest BCUT2D eigenvalue weighted by Crippen LogP contribution is -2.40. The minimum Gasteiger partial charge on any atom is -0.378 e. The number of morpholine rings is 1. The van der Waals surface area contributed by atoms with Gasteiger partial charge < -0.3 is 20.3 Å². The molecule has 3 aliphatic rings. The Morgan fingerprint density at radius 1 is 1.09 bits per heavy atom. The molecule has 1 heterocycles. The van der Waals surface area contributed by atoms with Crippen LogP contribution in [0, 0.1) is 11.8 Å². The van der Waals surface area contributed by atoms with Crippen LogP contribution < -0.4 is 15.5 Å². The first-order chi connectivity index (χ1) is 11.3. The van der Waals surface area contributed by atoms with Crippen LogP contribution in [0.25, 0.3) is 0 Å². The third kappa shape index (κ3) is 3.45. The van der Waals surface area contributed by atoms with Crippen molar-refractivity contribution in [3.8, 4) is 0 Å². The van der Waals surface area contributed by atoms with Gasteiger partial charge in [0.15, 0.2) is 5.11 Å². The van der Waals surface area contributed by atoms with Crippen molar-refractivity contribution in [3.63, 3.8) is 0 Å². The predicted molar refractivity (Wildman–Crippen MR) is 98.1 cm³/mol. The zero-order valence-electron chi connectivity index (χ0n) is 13.5. The van der Waals surface area contributed by atoms with E-state index in [4.69, 9.17) is 17.0 Å². The summed E-state index contributed by atoms with van der Waals surface area (Å²) in [5.74, 6) is 1.77. The molecule has 1 saturated heterocycles. The number of nitrogens with one attached hydrogen (secondary N) is 2. The second-order valence-electron chi connectivity index (χ2n) is 7.03. The number of fused-ring (bicyclic) bond motifs is 2. The van der Waals surface area contributed by atoms with Gasteiger partial charge in [-0.1, -0.05) is 6.42 Å². The number of benzene rings is 1. The monoisotopic (exact) mass is 331 g/mol. The van der Waals surface area contributed by atoms with Crippen LogP contribution in [0.15, 0.2) is 24.3 Å². The molecule has 1 aromatic carbocycles. The van der Waals surface area contributed by atoms with Gasteiger partial charge in [0.2, 0.25) is 0 Å². The Hall–Kier alpha value is -1.33. The molecule has 0 aromatic heterocycles. The number of anilines is 2. The van der Waals surface area contributed by atoms with Gasteiger partial charge in [-0.05, 0) is 67.6 Å². The maximum Gasteiger partial charge on any atom is 0.171 e. The molecule has 3 atom stereocenters. The lowest BCUT2D eigenvalue weighted by molar-refractivity contribution is 0.122. The average molecular weight is 331 g/mol. The fraction of sp³-hybridized carbons (Fsp3) is 0.611. The van der Waals surface area contributed by atoms with E-state index in [1.807, 2.05) is 0 Å². The summed E-state index contributed by atoms with van der Waals surface area (Å²) >= 11 is 5.50. The largest absolute Gasteiger partial charge is 0.378 e. The number of hydrogen-bond donors (Lipinski definition) is 2. The average Bonchev–Trinajstić information content (AvgIpc) is 3.19. The Bertz CT molecular complexity index is 556. The van der Waals surface area contributed by atoms with E-state index in [9.17, 15) is 0 Å². The summed E-state index contributed by atoms with van der Waals surface area (Å²) in [6.45, 7) is 3.57. The summed E-state index contributed by atoms with van der Waals surface area (Å²) in [4.78, 5) is 2.36. The minimum atomic E-state index is 0.585. The second kappa shape index (κ2) is 6.65. The van der Waals surface area contributed by atoms with Crippen molar-refractivity contribution in [1.82, 2.24) is 5.32 Å². The molecule has 5 heteroatoms. The summed E-state index contributed by atoms with van der Waals surface area (Å²) in [5, 5.41) is 7.63. The topological polar surface area (TPSA) is 36.5 Å². The Morgan fingerprint density at radius 2 is 1.87 bits per heavy atom. The van der Waals surface area contributed by atoms with Crippen LogP contribution in [0.1, 0.15) is 25.7 Å². The summed E-state index contributed by atoms with van der Waals surface area (Å²) in [7, 11) is 0. The summed E-state index contributed by atoms with van der Waals surface area (Å²) in [6, 6.07) is 9.13. The first-order valence-electron chi connectivity index (χ1n) is 8.78. The van der Waals surface area contributed by atoms with Crippen molar-refractivity contribution in [2.75, 3.05) is 36.5 Å². The fourth-order valence-electron chi connectivity index (χ4n) is 4.33. The maximum atomic E-state index is 5.50. The molecule has 4 rings (SSSR count). The zero-order chi connectivity index (χ0) is 15.6. The molecule has 4 nitrogen and oxygen atoms in total. The molecule has 0 spiro atoms. The molecular formula is C18H25N3OS. The number of thiocarbonyl (C=S) groups is 1. The molecule has 2 N–H and O–H groups in total. The minimum absolute atomic E-state index is 0.585. The molecule has 0 radical (unpaired) electrons. The lowest BCUT2D eigenvalue weighted by atomic mass is 9.96. The molecular weight excluding hydrogens is 306 g/mol. The van der Waals surface area contributed by atoms with E-state index in [1.165, 1.54) is 31.4 Å². The van der Waals surface area contributed by atoms with Gasteiger partial charge in [0.05, 0.1) is 13.2 Å². The van der Waals surface area contributed by atoms with Crippen LogP contribution in [0.4, 0.5) is 11.4 Å². The Kier molecular flexibility index (Phi) is 4.40. The summed E-state index contributed by atoms with van der Waals surface area (Å²) < 4.78 is 5.40. The predicted octanol–water partition coefficient (Wildman–Crippen LogP) is 3.00. The van der Waals surface area contributed by atoms with Gasteiger partial charge in [0.1, 0.15) is 0 Å². The number of nitrogens with zero attached hydrogens (tertiary/aromatic N) is 1. The molecule has 2 saturated carbocycles. The highest BCUT2D eigenvalue weighted by molar-refractivity contribution is 7.80. The highest BCUT2D eigenvalue weighted by atomic mass is 32.1. The van der Waals surface area contributed by atoms with Gasteiger partial charge in [0.25, 0.3) is 0 Å². The molecule has 2 aliphatic carbocycles. The molecule has 1 aromatic rings. The number of rotatable bonds is 3. The standard InChI is InChI=1S/C18H25N3OS/c23-18(20-17-12-13-1-2-14(17)11-13)19-15-3-5-16(6-4-15)21-7-9-22-10-8-21/h3-6,13-14,17H,1-2,7-12H2,(H2,19,20,23)/t13-,14+,17+/m0/s1. The molecule has 124 valence electrons. The number of ether oxygens (including phenoxy) is 1. The highest BCUT2D eigenvalue weighted by Crippen LogP contribution is 2.44. The van der Waals surface area contributed by atoms with E-state index in [0.29, 0.717) is 6.04 Å². The quantitative estimate of drug-likeness (QED) is 0.833. The van der Waals surface area contributed by atoms with Crippen molar-refractivity contribution in [2.45, 2.75) is 31.7 Å². The fourth-order valence-corrected chi connectivity index (χ4v) is 4.60.